The number of hydrogen-bond donors (Lipinski definition) is 1. The van der Waals surface area contributed by atoms with Gasteiger partial charge in [-0.25, -0.2) is 0 Å². The van der Waals surface area contributed by atoms with E-state index in [9.17, 15) is 4.79 Å². The van der Waals surface area contributed by atoms with Crippen LogP contribution in [0.15, 0.2) is 17.5 Å². The number of carbonyl (C=O) groups is 1. The third-order valence-electron chi connectivity index (χ3n) is 4.20. The highest BCUT2D eigenvalue weighted by Crippen LogP contribution is 2.33. The molecule has 1 aromatic rings. The lowest BCUT2D eigenvalue weighted by Crippen LogP contribution is -2.40. The molecular weight excluding hydrogens is 300 g/mol. The number of rotatable bonds is 7. The standard InChI is InChI=1S/C16H26N2OS2/c1-5-11(3)14-16(19)18(12(4)10-20-6-2)15(17-14)13-8-7-9-21-13/h7-9,11-12,14-15,17H,5-6,10H2,1-4H3. The van der Waals surface area contributed by atoms with E-state index >= 15 is 0 Å². The molecule has 21 heavy (non-hydrogen) atoms. The van der Waals surface area contributed by atoms with Gasteiger partial charge in [0, 0.05) is 16.7 Å². The Balaban J connectivity index is 2.21. The zero-order valence-corrected chi connectivity index (χ0v) is 15.0. The zero-order valence-electron chi connectivity index (χ0n) is 13.3. The molecule has 0 spiro atoms. The van der Waals surface area contributed by atoms with E-state index in [0.29, 0.717) is 5.92 Å². The molecule has 2 rings (SSSR count). The van der Waals surface area contributed by atoms with Crippen LogP contribution in [0.1, 0.15) is 45.2 Å². The maximum absolute atomic E-state index is 12.9. The minimum absolute atomic E-state index is 0.0452. The molecule has 0 bridgehead atoms. The molecule has 0 radical (unpaired) electrons. The average molecular weight is 327 g/mol. The van der Waals surface area contributed by atoms with Gasteiger partial charge in [0.15, 0.2) is 0 Å². The van der Waals surface area contributed by atoms with Crippen LogP contribution in [0.25, 0.3) is 0 Å². The fourth-order valence-corrected chi connectivity index (χ4v) is 4.28. The molecule has 0 aliphatic carbocycles. The largest absolute Gasteiger partial charge is 0.317 e. The fraction of sp³-hybridized carbons (Fsp3) is 0.688. The van der Waals surface area contributed by atoms with Crippen molar-refractivity contribution in [2.24, 2.45) is 5.92 Å². The summed E-state index contributed by atoms with van der Waals surface area (Å²) in [6.07, 6.45) is 1.07. The molecule has 1 aliphatic heterocycles. The Morgan fingerprint density at radius 1 is 1.43 bits per heavy atom. The van der Waals surface area contributed by atoms with Crippen LogP contribution in [-0.2, 0) is 4.79 Å². The van der Waals surface area contributed by atoms with Crippen LogP contribution in [0.4, 0.5) is 0 Å². The number of nitrogens with zero attached hydrogens (tertiary/aromatic N) is 1. The summed E-state index contributed by atoms with van der Waals surface area (Å²) in [6, 6.07) is 4.40. The molecule has 5 heteroatoms. The third kappa shape index (κ3) is 3.63. The predicted molar refractivity (Wildman–Crippen MR) is 92.7 cm³/mol. The second-order valence-corrected chi connectivity index (χ2v) is 8.00. The number of thioether (sulfide) groups is 1. The van der Waals surface area contributed by atoms with E-state index in [1.165, 1.54) is 4.88 Å². The first-order valence-electron chi connectivity index (χ1n) is 7.79. The molecule has 1 amide bonds. The lowest BCUT2D eigenvalue weighted by atomic mass is 9.99. The smallest absolute Gasteiger partial charge is 0.241 e. The molecule has 1 fully saturated rings. The highest BCUT2D eigenvalue weighted by atomic mass is 32.2. The molecule has 1 N–H and O–H groups in total. The summed E-state index contributed by atoms with van der Waals surface area (Å²) in [7, 11) is 0. The van der Waals surface area contributed by atoms with E-state index in [1.54, 1.807) is 11.3 Å². The van der Waals surface area contributed by atoms with Gasteiger partial charge in [0.25, 0.3) is 0 Å². The Kier molecular flexibility index (Phi) is 6.14. The zero-order chi connectivity index (χ0) is 15.4. The maximum Gasteiger partial charge on any atom is 0.241 e. The van der Waals surface area contributed by atoms with Gasteiger partial charge in [-0.2, -0.15) is 11.8 Å². The van der Waals surface area contributed by atoms with Gasteiger partial charge in [0.2, 0.25) is 5.91 Å². The van der Waals surface area contributed by atoms with E-state index in [0.717, 1.165) is 17.9 Å². The van der Waals surface area contributed by atoms with Crippen molar-refractivity contribution in [1.29, 1.82) is 0 Å². The first-order valence-corrected chi connectivity index (χ1v) is 9.82. The van der Waals surface area contributed by atoms with Gasteiger partial charge in [-0.05, 0) is 30.0 Å². The summed E-state index contributed by atoms with van der Waals surface area (Å²) in [5.41, 5.74) is 0. The molecule has 1 aliphatic rings. The van der Waals surface area contributed by atoms with E-state index in [2.05, 4.69) is 55.4 Å². The van der Waals surface area contributed by atoms with Crippen LogP contribution in [0.5, 0.6) is 0 Å². The Labute approximate surface area is 136 Å². The van der Waals surface area contributed by atoms with E-state index in [1.807, 2.05) is 11.8 Å². The SMILES string of the molecule is CCSCC(C)N1C(=O)C(C(C)CC)NC1c1cccs1. The van der Waals surface area contributed by atoms with E-state index in [4.69, 9.17) is 0 Å². The van der Waals surface area contributed by atoms with Crippen LogP contribution >= 0.6 is 23.1 Å². The minimum atomic E-state index is -0.0452. The number of carbonyl (C=O) groups excluding carboxylic acids is 1. The summed E-state index contributed by atoms with van der Waals surface area (Å²) in [6.45, 7) is 8.65. The van der Waals surface area contributed by atoms with E-state index < -0.39 is 0 Å². The predicted octanol–water partition coefficient (Wildman–Crippen LogP) is 3.73. The Hall–Kier alpha value is -0.520. The van der Waals surface area contributed by atoms with Gasteiger partial charge in [0.05, 0.1) is 6.04 Å². The molecule has 4 unspecified atom stereocenters. The Morgan fingerprint density at radius 3 is 2.76 bits per heavy atom. The monoisotopic (exact) mass is 326 g/mol. The summed E-state index contributed by atoms with van der Waals surface area (Å²) in [5, 5.41) is 5.66. The van der Waals surface area contributed by atoms with Gasteiger partial charge in [0.1, 0.15) is 6.17 Å². The quantitative estimate of drug-likeness (QED) is 0.828. The summed E-state index contributed by atoms with van der Waals surface area (Å²) in [4.78, 5) is 16.2. The topological polar surface area (TPSA) is 32.3 Å². The van der Waals surface area contributed by atoms with Crippen molar-refractivity contribution in [3.05, 3.63) is 22.4 Å². The number of nitrogens with one attached hydrogen (secondary N) is 1. The van der Waals surface area contributed by atoms with Crippen LogP contribution in [-0.4, -0.2) is 34.4 Å². The molecule has 2 heterocycles. The molecule has 1 saturated heterocycles. The highest BCUT2D eigenvalue weighted by Gasteiger charge is 2.43. The van der Waals surface area contributed by atoms with Crippen molar-refractivity contribution in [2.45, 2.75) is 52.4 Å². The van der Waals surface area contributed by atoms with Gasteiger partial charge in [-0.3, -0.25) is 10.1 Å². The molecule has 0 saturated carbocycles. The first-order chi connectivity index (χ1) is 10.1. The van der Waals surface area contributed by atoms with Crippen molar-refractivity contribution < 1.29 is 4.79 Å². The van der Waals surface area contributed by atoms with Gasteiger partial charge < -0.3 is 4.90 Å². The van der Waals surface area contributed by atoms with Crippen LogP contribution in [0.2, 0.25) is 0 Å². The van der Waals surface area contributed by atoms with Crippen LogP contribution in [0, 0.1) is 5.92 Å². The first kappa shape index (κ1) is 16.8. The summed E-state index contributed by atoms with van der Waals surface area (Å²) in [5.74, 6) is 2.74. The number of thiophene rings is 1. The maximum atomic E-state index is 12.9. The minimum Gasteiger partial charge on any atom is -0.317 e. The average Bonchev–Trinajstić information content (AvgIpc) is 3.11. The van der Waals surface area contributed by atoms with Crippen molar-refractivity contribution in [3.63, 3.8) is 0 Å². The molecule has 1 aromatic heterocycles. The fourth-order valence-electron chi connectivity index (χ4n) is 2.76. The van der Waals surface area contributed by atoms with Crippen molar-refractivity contribution in [1.82, 2.24) is 10.2 Å². The summed E-state index contributed by atoms with van der Waals surface area (Å²) < 4.78 is 0. The molecule has 4 atom stereocenters. The van der Waals surface area contributed by atoms with Crippen LogP contribution < -0.4 is 5.32 Å². The normalized spacial score (nSPS) is 25.3. The van der Waals surface area contributed by atoms with Gasteiger partial charge >= 0.3 is 0 Å². The number of hydrogen-bond acceptors (Lipinski definition) is 4. The Bertz CT molecular complexity index is 449. The molecule has 118 valence electrons. The van der Waals surface area contributed by atoms with Crippen LogP contribution in [0.3, 0.4) is 0 Å². The molecular formula is C16H26N2OS2. The lowest BCUT2D eigenvalue weighted by molar-refractivity contribution is -0.132. The van der Waals surface area contributed by atoms with Gasteiger partial charge in [-0.1, -0.05) is 33.3 Å². The second kappa shape index (κ2) is 7.65. The van der Waals surface area contributed by atoms with Gasteiger partial charge in [-0.15, -0.1) is 11.3 Å². The highest BCUT2D eigenvalue weighted by molar-refractivity contribution is 7.99. The Morgan fingerprint density at radius 2 is 2.19 bits per heavy atom. The van der Waals surface area contributed by atoms with E-state index in [-0.39, 0.29) is 24.2 Å². The summed E-state index contributed by atoms with van der Waals surface area (Å²) >= 11 is 3.63. The van der Waals surface area contributed by atoms with Crippen molar-refractivity contribution >= 4 is 29.0 Å². The third-order valence-corrected chi connectivity index (χ3v) is 6.25. The van der Waals surface area contributed by atoms with Crippen molar-refractivity contribution in [2.75, 3.05) is 11.5 Å². The molecule has 3 nitrogen and oxygen atoms in total. The molecule has 0 aromatic carbocycles. The van der Waals surface area contributed by atoms with Crippen molar-refractivity contribution in [3.8, 4) is 0 Å². The number of amides is 1. The lowest BCUT2D eigenvalue weighted by Gasteiger charge is -2.29. The second-order valence-electron chi connectivity index (χ2n) is 5.70.